The highest BCUT2D eigenvalue weighted by Gasteiger charge is 2.15. The number of aromatic nitrogens is 2. The van der Waals surface area contributed by atoms with Crippen molar-refractivity contribution < 1.29 is 13.2 Å². The minimum atomic E-state index is -3.75. The molecule has 1 heterocycles. The number of hydrazone groups is 1. The number of nitrogens with one attached hydrogen (secondary N) is 2. The standard InChI is InChI=1S/C17H22ClN5O3S/c1-3-4-10-23-17(18)15(13(2)22-23)11-19-21-16(24)12-20-27(25,26)14-8-6-5-7-9-14/h5-9,11,20H,3-4,10,12H2,1-2H3,(H,21,24)/b19-11-. The molecule has 0 bridgehead atoms. The summed E-state index contributed by atoms with van der Waals surface area (Å²) in [6.07, 6.45) is 3.38. The molecule has 1 amide bonds. The van der Waals surface area contributed by atoms with Crippen molar-refractivity contribution in [3.05, 3.63) is 46.7 Å². The molecule has 0 saturated heterocycles. The Morgan fingerprint density at radius 1 is 1.33 bits per heavy atom. The van der Waals surface area contributed by atoms with Crippen LogP contribution >= 0.6 is 11.6 Å². The molecule has 2 rings (SSSR count). The number of halogens is 1. The summed E-state index contributed by atoms with van der Waals surface area (Å²) >= 11 is 6.27. The summed E-state index contributed by atoms with van der Waals surface area (Å²) in [7, 11) is -3.75. The summed E-state index contributed by atoms with van der Waals surface area (Å²) in [6.45, 7) is 4.15. The summed E-state index contributed by atoms with van der Waals surface area (Å²) in [4.78, 5) is 11.9. The van der Waals surface area contributed by atoms with E-state index in [1.807, 2.05) is 0 Å². The largest absolute Gasteiger partial charge is 0.272 e. The fourth-order valence-electron chi connectivity index (χ4n) is 2.22. The molecule has 0 unspecified atom stereocenters. The number of hydrogen-bond donors (Lipinski definition) is 2. The quantitative estimate of drug-likeness (QED) is 0.486. The van der Waals surface area contributed by atoms with E-state index in [1.54, 1.807) is 29.8 Å². The van der Waals surface area contributed by atoms with Gasteiger partial charge in [0, 0.05) is 6.54 Å². The first-order valence-corrected chi connectivity index (χ1v) is 10.3. The van der Waals surface area contributed by atoms with Crippen LogP contribution in [0, 0.1) is 6.92 Å². The van der Waals surface area contributed by atoms with Gasteiger partial charge in [0.2, 0.25) is 10.0 Å². The molecule has 10 heteroatoms. The van der Waals surface area contributed by atoms with Crippen molar-refractivity contribution >= 4 is 33.7 Å². The van der Waals surface area contributed by atoms with Crippen molar-refractivity contribution in [2.75, 3.05) is 6.54 Å². The van der Waals surface area contributed by atoms with Crippen molar-refractivity contribution in [1.82, 2.24) is 19.9 Å². The predicted octanol–water partition coefficient (Wildman–Crippen LogP) is 2.07. The van der Waals surface area contributed by atoms with Gasteiger partial charge in [-0.15, -0.1) is 0 Å². The van der Waals surface area contributed by atoms with Gasteiger partial charge in [0.25, 0.3) is 5.91 Å². The highest BCUT2D eigenvalue weighted by atomic mass is 35.5. The molecule has 0 radical (unpaired) electrons. The topological polar surface area (TPSA) is 105 Å². The molecule has 0 spiro atoms. The molecular weight excluding hydrogens is 390 g/mol. The summed E-state index contributed by atoms with van der Waals surface area (Å²) in [5, 5.41) is 8.62. The van der Waals surface area contributed by atoms with Gasteiger partial charge in [-0.25, -0.2) is 18.6 Å². The first-order chi connectivity index (χ1) is 12.8. The molecule has 0 aliphatic rings. The van der Waals surface area contributed by atoms with Crippen molar-refractivity contribution in [2.45, 2.75) is 38.1 Å². The first kappa shape index (κ1) is 21.1. The maximum Gasteiger partial charge on any atom is 0.255 e. The molecule has 1 aromatic heterocycles. The van der Waals surface area contributed by atoms with Crippen molar-refractivity contribution in [2.24, 2.45) is 5.10 Å². The van der Waals surface area contributed by atoms with Crippen LogP contribution in [0.25, 0.3) is 0 Å². The van der Waals surface area contributed by atoms with E-state index in [9.17, 15) is 13.2 Å². The van der Waals surface area contributed by atoms with Crippen LogP contribution in [-0.2, 0) is 21.4 Å². The lowest BCUT2D eigenvalue weighted by atomic mass is 10.3. The molecule has 2 N–H and O–H groups in total. The average molecular weight is 412 g/mol. The number of benzene rings is 1. The number of amides is 1. The Bertz CT molecular complexity index is 910. The van der Waals surface area contributed by atoms with Crippen molar-refractivity contribution in [1.29, 1.82) is 0 Å². The number of carbonyl (C=O) groups excluding carboxylic acids is 1. The van der Waals surface area contributed by atoms with Crippen LogP contribution < -0.4 is 10.1 Å². The number of hydrogen-bond acceptors (Lipinski definition) is 5. The van der Waals surface area contributed by atoms with Gasteiger partial charge in [0.15, 0.2) is 0 Å². The van der Waals surface area contributed by atoms with Gasteiger partial charge in [0.05, 0.1) is 28.9 Å². The molecular formula is C17H22ClN5O3S. The van der Waals surface area contributed by atoms with Gasteiger partial charge in [0.1, 0.15) is 5.15 Å². The van der Waals surface area contributed by atoms with E-state index in [0.29, 0.717) is 23.0 Å². The smallest absolute Gasteiger partial charge is 0.255 e. The van der Waals surface area contributed by atoms with Crippen LogP contribution in [0.3, 0.4) is 0 Å². The number of carbonyl (C=O) groups is 1. The molecule has 27 heavy (non-hydrogen) atoms. The predicted molar refractivity (Wildman–Crippen MR) is 104 cm³/mol. The van der Waals surface area contributed by atoms with Gasteiger partial charge in [-0.05, 0) is 25.5 Å². The van der Waals surface area contributed by atoms with Crippen LogP contribution in [-0.4, -0.2) is 36.9 Å². The van der Waals surface area contributed by atoms with E-state index < -0.39 is 22.5 Å². The summed E-state index contributed by atoms with van der Waals surface area (Å²) in [5.74, 6) is -0.599. The fraction of sp³-hybridized carbons (Fsp3) is 0.353. The third kappa shape index (κ3) is 5.88. The Kier molecular flexibility index (Phi) is 7.52. The maximum atomic E-state index is 12.1. The maximum absolute atomic E-state index is 12.1. The second-order valence-corrected chi connectivity index (χ2v) is 7.92. The van der Waals surface area contributed by atoms with E-state index in [4.69, 9.17) is 11.6 Å². The highest BCUT2D eigenvalue weighted by Crippen LogP contribution is 2.18. The molecule has 0 atom stereocenters. The Balaban J connectivity index is 1.91. The SMILES string of the molecule is CCCCn1nc(C)c(/C=N\NC(=O)CNS(=O)(=O)c2ccccc2)c1Cl. The second-order valence-electron chi connectivity index (χ2n) is 5.80. The minimum Gasteiger partial charge on any atom is -0.272 e. The van der Waals surface area contributed by atoms with Crippen molar-refractivity contribution in [3.63, 3.8) is 0 Å². The molecule has 0 aliphatic carbocycles. The van der Waals surface area contributed by atoms with Crippen LogP contribution in [0.15, 0.2) is 40.3 Å². The Hall–Kier alpha value is -2.23. The number of aryl methyl sites for hydroxylation is 2. The van der Waals surface area contributed by atoms with Crippen LogP contribution in [0.5, 0.6) is 0 Å². The van der Waals surface area contributed by atoms with Crippen LogP contribution in [0.4, 0.5) is 0 Å². The Morgan fingerprint density at radius 3 is 2.70 bits per heavy atom. The van der Waals surface area contributed by atoms with Gasteiger partial charge in [-0.2, -0.15) is 10.2 Å². The number of rotatable bonds is 9. The van der Waals surface area contributed by atoms with Gasteiger partial charge in [-0.3, -0.25) is 9.48 Å². The number of sulfonamides is 1. The lowest BCUT2D eigenvalue weighted by Crippen LogP contribution is -2.34. The molecule has 0 fully saturated rings. The van der Waals surface area contributed by atoms with Gasteiger partial charge >= 0.3 is 0 Å². The lowest BCUT2D eigenvalue weighted by molar-refractivity contribution is -0.119. The second kappa shape index (κ2) is 9.63. The number of nitrogens with zero attached hydrogens (tertiary/aromatic N) is 3. The van der Waals surface area contributed by atoms with E-state index in [-0.39, 0.29) is 4.90 Å². The van der Waals surface area contributed by atoms with Crippen molar-refractivity contribution in [3.8, 4) is 0 Å². The molecule has 8 nitrogen and oxygen atoms in total. The normalized spacial score (nSPS) is 11.8. The molecule has 0 aliphatic heterocycles. The number of unbranched alkanes of at least 4 members (excludes halogenated alkanes) is 1. The average Bonchev–Trinajstić information content (AvgIpc) is 2.93. The molecule has 1 aromatic carbocycles. The van der Waals surface area contributed by atoms with E-state index in [2.05, 4.69) is 27.3 Å². The van der Waals surface area contributed by atoms with E-state index in [0.717, 1.165) is 12.8 Å². The van der Waals surface area contributed by atoms with E-state index in [1.165, 1.54) is 18.3 Å². The minimum absolute atomic E-state index is 0.0863. The Morgan fingerprint density at radius 2 is 2.04 bits per heavy atom. The Labute approximate surface area is 163 Å². The zero-order valence-corrected chi connectivity index (χ0v) is 16.7. The summed E-state index contributed by atoms with van der Waals surface area (Å²) < 4.78 is 28.0. The summed E-state index contributed by atoms with van der Waals surface area (Å²) in [6, 6.07) is 7.80. The monoisotopic (exact) mass is 411 g/mol. The zero-order chi connectivity index (χ0) is 19.9. The molecule has 146 valence electrons. The third-order valence-electron chi connectivity index (χ3n) is 3.69. The van der Waals surface area contributed by atoms with Gasteiger partial charge in [-0.1, -0.05) is 43.1 Å². The van der Waals surface area contributed by atoms with E-state index >= 15 is 0 Å². The molecule has 0 saturated carbocycles. The van der Waals surface area contributed by atoms with Crippen LogP contribution in [0.1, 0.15) is 31.0 Å². The van der Waals surface area contributed by atoms with Gasteiger partial charge < -0.3 is 0 Å². The molecule has 2 aromatic rings. The lowest BCUT2D eigenvalue weighted by Gasteiger charge is -2.05. The fourth-order valence-corrected chi connectivity index (χ4v) is 3.53. The summed E-state index contributed by atoms with van der Waals surface area (Å²) in [5.41, 5.74) is 3.57. The zero-order valence-electron chi connectivity index (χ0n) is 15.1. The highest BCUT2D eigenvalue weighted by molar-refractivity contribution is 7.89. The first-order valence-electron chi connectivity index (χ1n) is 8.44. The third-order valence-corrected chi connectivity index (χ3v) is 5.51. The van der Waals surface area contributed by atoms with Crippen LogP contribution in [0.2, 0.25) is 5.15 Å².